The molecule has 0 spiro atoms. The molecule has 1 rings (SSSR count). The van der Waals surface area contributed by atoms with Gasteiger partial charge in [0.25, 0.3) is 0 Å². The van der Waals surface area contributed by atoms with Gasteiger partial charge < -0.3 is 10.4 Å². The highest BCUT2D eigenvalue weighted by molar-refractivity contribution is 8.14. The summed E-state index contributed by atoms with van der Waals surface area (Å²) in [7, 11) is 0. The summed E-state index contributed by atoms with van der Waals surface area (Å²) >= 11 is 0.778. The van der Waals surface area contributed by atoms with Crippen molar-refractivity contribution in [1.29, 1.82) is 0 Å². The lowest BCUT2D eigenvalue weighted by molar-refractivity contribution is -0.141. The molecule has 1 amide bonds. The van der Waals surface area contributed by atoms with Crippen LogP contribution in [0.3, 0.4) is 0 Å². The number of aliphatic carboxylic acids is 1. The SMILES string of the molecule is CC(=O)S[C@H](C(=O)c1ccccc1)[C@H](C)C(=O)N[C@@H](C)C(=O)O. The van der Waals surface area contributed by atoms with E-state index in [4.69, 9.17) is 5.11 Å². The van der Waals surface area contributed by atoms with Gasteiger partial charge in [-0.15, -0.1) is 0 Å². The Labute approximate surface area is 138 Å². The zero-order valence-electron chi connectivity index (χ0n) is 13.1. The molecule has 0 aliphatic carbocycles. The molecule has 0 fully saturated rings. The van der Waals surface area contributed by atoms with Gasteiger partial charge in [-0.3, -0.25) is 19.2 Å². The highest BCUT2D eigenvalue weighted by atomic mass is 32.2. The Bertz CT molecular complexity index is 602. The number of amides is 1. The number of Topliss-reactive ketones (excluding diaryl/α,β-unsaturated/α-hetero) is 1. The molecule has 1 aromatic carbocycles. The van der Waals surface area contributed by atoms with Crippen LogP contribution in [0.4, 0.5) is 0 Å². The molecule has 0 aliphatic rings. The van der Waals surface area contributed by atoms with E-state index in [0.29, 0.717) is 5.56 Å². The summed E-state index contributed by atoms with van der Waals surface area (Å²) in [5, 5.41) is 9.97. The van der Waals surface area contributed by atoms with Crippen LogP contribution < -0.4 is 5.32 Å². The zero-order chi connectivity index (χ0) is 17.6. The predicted octanol–water partition coefficient (Wildman–Crippen LogP) is 1.74. The second-order valence-electron chi connectivity index (χ2n) is 5.12. The highest BCUT2D eigenvalue weighted by Crippen LogP contribution is 2.25. The first-order valence-electron chi connectivity index (χ1n) is 7.03. The number of carboxylic acids is 1. The van der Waals surface area contributed by atoms with Crippen molar-refractivity contribution in [2.45, 2.75) is 32.1 Å². The van der Waals surface area contributed by atoms with E-state index < -0.39 is 29.1 Å². The number of ketones is 1. The number of hydrogen-bond donors (Lipinski definition) is 2. The third-order valence-electron chi connectivity index (χ3n) is 3.21. The van der Waals surface area contributed by atoms with Crippen molar-refractivity contribution in [2.24, 2.45) is 5.92 Å². The number of carbonyl (C=O) groups is 4. The number of carbonyl (C=O) groups excluding carboxylic acids is 3. The van der Waals surface area contributed by atoms with Crippen LogP contribution in [-0.4, -0.2) is 39.2 Å². The Kier molecular flexibility index (Phi) is 6.96. The van der Waals surface area contributed by atoms with Crippen LogP contribution in [0.25, 0.3) is 0 Å². The zero-order valence-corrected chi connectivity index (χ0v) is 13.9. The first kappa shape index (κ1) is 18.9. The quantitative estimate of drug-likeness (QED) is 0.735. The Morgan fingerprint density at radius 2 is 1.65 bits per heavy atom. The summed E-state index contributed by atoms with van der Waals surface area (Å²) in [6, 6.07) is 7.30. The van der Waals surface area contributed by atoms with Gasteiger partial charge >= 0.3 is 5.97 Å². The van der Waals surface area contributed by atoms with Gasteiger partial charge in [0.15, 0.2) is 10.9 Å². The first-order chi connectivity index (χ1) is 10.7. The van der Waals surface area contributed by atoms with Gasteiger partial charge in [-0.1, -0.05) is 49.0 Å². The number of nitrogens with one attached hydrogen (secondary N) is 1. The molecular formula is C16H19NO5S. The Balaban J connectivity index is 2.97. The minimum atomic E-state index is -1.17. The molecule has 7 heteroatoms. The Morgan fingerprint density at radius 1 is 1.09 bits per heavy atom. The van der Waals surface area contributed by atoms with Gasteiger partial charge in [0.1, 0.15) is 6.04 Å². The fraction of sp³-hybridized carbons (Fsp3) is 0.375. The monoisotopic (exact) mass is 337 g/mol. The number of hydrogen-bond acceptors (Lipinski definition) is 5. The summed E-state index contributed by atoms with van der Waals surface area (Å²) in [4.78, 5) is 47.0. The van der Waals surface area contributed by atoms with Crippen LogP contribution in [0.5, 0.6) is 0 Å². The van der Waals surface area contributed by atoms with Gasteiger partial charge in [0.05, 0.1) is 11.2 Å². The molecule has 6 nitrogen and oxygen atoms in total. The molecule has 0 saturated heterocycles. The molecule has 0 bridgehead atoms. The van der Waals surface area contributed by atoms with E-state index in [1.165, 1.54) is 20.8 Å². The molecule has 0 aliphatic heterocycles. The summed E-state index contributed by atoms with van der Waals surface area (Å²) in [5.41, 5.74) is 0.400. The average Bonchev–Trinajstić information content (AvgIpc) is 2.51. The molecule has 0 unspecified atom stereocenters. The molecule has 124 valence electrons. The van der Waals surface area contributed by atoms with Gasteiger partial charge in [0.2, 0.25) is 5.91 Å². The van der Waals surface area contributed by atoms with E-state index in [9.17, 15) is 19.2 Å². The number of rotatable bonds is 7. The van der Waals surface area contributed by atoms with Crippen LogP contribution in [0.15, 0.2) is 30.3 Å². The summed E-state index contributed by atoms with van der Waals surface area (Å²) in [5.74, 6) is -2.94. The molecule has 0 heterocycles. The molecule has 23 heavy (non-hydrogen) atoms. The van der Waals surface area contributed by atoms with Crippen LogP contribution in [0.1, 0.15) is 31.1 Å². The van der Waals surface area contributed by atoms with Gasteiger partial charge in [-0.25, -0.2) is 0 Å². The normalized spacial score (nSPS) is 14.4. The minimum Gasteiger partial charge on any atom is -0.480 e. The summed E-state index contributed by atoms with van der Waals surface area (Å²) < 4.78 is 0. The van der Waals surface area contributed by atoms with Gasteiger partial charge in [0, 0.05) is 12.5 Å². The standard InChI is InChI=1S/C16H19NO5S/c1-9(15(20)17-10(2)16(21)22)14(23-11(3)18)13(19)12-7-5-4-6-8-12/h4-10,14H,1-3H3,(H,17,20)(H,21,22)/t9-,10-,14-/m0/s1. The maximum atomic E-state index is 12.6. The molecular weight excluding hydrogens is 318 g/mol. The van der Waals surface area contributed by atoms with E-state index >= 15 is 0 Å². The minimum absolute atomic E-state index is 0.287. The van der Waals surface area contributed by atoms with Crippen LogP contribution in [0, 0.1) is 5.92 Å². The number of carboxylic acid groups (broad SMARTS) is 1. The van der Waals surface area contributed by atoms with Crippen LogP contribution >= 0.6 is 11.8 Å². The summed E-state index contributed by atoms with van der Waals surface area (Å²) in [6.07, 6.45) is 0. The lowest BCUT2D eigenvalue weighted by Gasteiger charge is -2.22. The molecule has 0 aromatic heterocycles. The van der Waals surface area contributed by atoms with Crippen molar-refractivity contribution in [3.8, 4) is 0 Å². The van der Waals surface area contributed by atoms with Crippen LogP contribution in [0.2, 0.25) is 0 Å². The van der Waals surface area contributed by atoms with E-state index in [1.54, 1.807) is 30.3 Å². The van der Waals surface area contributed by atoms with E-state index in [0.717, 1.165) is 11.8 Å². The molecule has 0 saturated carbocycles. The first-order valence-corrected chi connectivity index (χ1v) is 7.91. The van der Waals surface area contributed by atoms with Gasteiger partial charge in [-0.2, -0.15) is 0 Å². The molecule has 3 atom stereocenters. The van der Waals surface area contributed by atoms with Crippen molar-refractivity contribution in [2.75, 3.05) is 0 Å². The maximum Gasteiger partial charge on any atom is 0.325 e. The smallest absolute Gasteiger partial charge is 0.325 e. The fourth-order valence-corrected chi connectivity index (χ4v) is 2.80. The summed E-state index contributed by atoms with van der Waals surface area (Å²) in [6.45, 7) is 4.16. The van der Waals surface area contributed by atoms with Crippen molar-refractivity contribution < 1.29 is 24.3 Å². The second kappa shape index (κ2) is 8.47. The topological polar surface area (TPSA) is 101 Å². The van der Waals surface area contributed by atoms with Crippen molar-refractivity contribution >= 4 is 34.5 Å². The lowest BCUT2D eigenvalue weighted by Crippen LogP contribution is -2.45. The Morgan fingerprint density at radius 3 is 2.13 bits per heavy atom. The molecule has 2 N–H and O–H groups in total. The van der Waals surface area contributed by atoms with E-state index in [1.807, 2.05) is 0 Å². The van der Waals surface area contributed by atoms with Crippen LogP contribution in [-0.2, 0) is 14.4 Å². The predicted molar refractivity (Wildman–Crippen MR) is 87.2 cm³/mol. The lowest BCUT2D eigenvalue weighted by atomic mass is 9.98. The van der Waals surface area contributed by atoms with Crippen molar-refractivity contribution in [1.82, 2.24) is 5.32 Å². The number of benzene rings is 1. The fourth-order valence-electron chi connectivity index (χ4n) is 1.87. The van der Waals surface area contributed by atoms with E-state index in [-0.39, 0.29) is 10.9 Å². The average molecular weight is 337 g/mol. The second-order valence-corrected chi connectivity index (χ2v) is 6.44. The van der Waals surface area contributed by atoms with Crippen molar-refractivity contribution in [3.05, 3.63) is 35.9 Å². The third kappa shape index (κ3) is 5.52. The highest BCUT2D eigenvalue weighted by Gasteiger charge is 2.33. The number of thioether (sulfide) groups is 1. The molecule has 0 radical (unpaired) electrons. The van der Waals surface area contributed by atoms with E-state index in [2.05, 4.69) is 5.32 Å². The largest absolute Gasteiger partial charge is 0.480 e. The third-order valence-corrected chi connectivity index (χ3v) is 4.41. The maximum absolute atomic E-state index is 12.6. The Hall–Kier alpha value is -2.15. The van der Waals surface area contributed by atoms with Gasteiger partial charge in [-0.05, 0) is 6.92 Å². The van der Waals surface area contributed by atoms with Crippen molar-refractivity contribution in [3.63, 3.8) is 0 Å². The molecule has 1 aromatic rings.